The van der Waals surface area contributed by atoms with Gasteiger partial charge in [-0.2, -0.15) is 0 Å². The maximum absolute atomic E-state index is 13.8. The Labute approximate surface area is 208 Å². The quantitative estimate of drug-likeness (QED) is 0.297. The van der Waals surface area contributed by atoms with Crippen LogP contribution in [-0.4, -0.2) is 17.4 Å². The smallest absolute Gasteiger partial charge is 0.291 e. The number of nitrogens with zero attached hydrogens (tertiary/aromatic N) is 1. The van der Waals surface area contributed by atoms with E-state index < -0.39 is 6.04 Å². The lowest BCUT2D eigenvalue weighted by atomic mass is 9.97. The molecule has 1 unspecified atom stereocenters. The van der Waals surface area contributed by atoms with Crippen LogP contribution in [0.5, 0.6) is 5.75 Å². The average Bonchev–Trinajstić information content (AvgIpc) is 3.12. The molecule has 0 radical (unpaired) electrons. The predicted molar refractivity (Wildman–Crippen MR) is 137 cm³/mol. The number of amides is 1. The molecule has 2 heterocycles. The summed E-state index contributed by atoms with van der Waals surface area (Å²) >= 11 is 6.43. The molecule has 4 aromatic rings. The molecule has 0 bridgehead atoms. The van der Waals surface area contributed by atoms with Gasteiger partial charge in [0.2, 0.25) is 5.76 Å². The number of ether oxygens (including phenoxy) is 1. The topological polar surface area (TPSA) is 59.8 Å². The molecule has 5 rings (SSSR count). The average molecular weight is 486 g/mol. The van der Waals surface area contributed by atoms with Gasteiger partial charge in [0.25, 0.3) is 5.91 Å². The molecule has 1 aromatic heterocycles. The van der Waals surface area contributed by atoms with E-state index >= 15 is 0 Å². The van der Waals surface area contributed by atoms with Gasteiger partial charge in [-0.3, -0.25) is 9.59 Å². The minimum atomic E-state index is -0.622. The first-order valence-corrected chi connectivity index (χ1v) is 11.7. The van der Waals surface area contributed by atoms with Crippen molar-refractivity contribution >= 4 is 28.5 Å². The number of hydrogen-bond acceptors (Lipinski definition) is 4. The highest BCUT2D eigenvalue weighted by Crippen LogP contribution is 2.40. The van der Waals surface area contributed by atoms with Gasteiger partial charge in [-0.1, -0.05) is 60.7 Å². The highest BCUT2D eigenvalue weighted by Gasteiger charge is 2.43. The maximum Gasteiger partial charge on any atom is 0.291 e. The zero-order chi connectivity index (χ0) is 24.7. The first-order chi connectivity index (χ1) is 16.9. The molecule has 35 heavy (non-hydrogen) atoms. The van der Waals surface area contributed by atoms with Crippen LogP contribution in [0, 0.1) is 13.8 Å². The molecule has 0 N–H and O–H groups in total. The van der Waals surface area contributed by atoms with Crippen LogP contribution in [0.4, 0.5) is 0 Å². The van der Waals surface area contributed by atoms with Gasteiger partial charge in [0.1, 0.15) is 17.9 Å². The van der Waals surface area contributed by atoms with Gasteiger partial charge in [0.15, 0.2) is 5.43 Å². The SMILES string of the molecule is C=CCOc1ccc(C2c3c(oc4c(C)cc(C)cc4c3=O)C(=O)N2Cc2ccccc2Cl)cc1. The lowest BCUT2D eigenvalue weighted by Crippen LogP contribution is -2.29. The van der Waals surface area contributed by atoms with Gasteiger partial charge >= 0.3 is 0 Å². The second-order valence-corrected chi connectivity index (χ2v) is 9.14. The zero-order valence-electron chi connectivity index (χ0n) is 19.5. The fourth-order valence-corrected chi connectivity index (χ4v) is 4.89. The van der Waals surface area contributed by atoms with Crippen LogP contribution >= 0.6 is 11.6 Å². The van der Waals surface area contributed by atoms with Gasteiger partial charge < -0.3 is 14.1 Å². The molecule has 1 aliphatic heterocycles. The minimum absolute atomic E-state index is 0.0819. The van der Waals surface area contributed by atoms with E-state index in [4.69, 9.17) is 20.8 Å². The lowest BCUT2D eigenvalue weighted by molar-refractivity contribution is 0.0714. The summed E-state index contributed by atoms with van der Waals surface area (Å²) < 4.78 is 11.8. The predicted octanol–water partition coefficient (Wildman–Crippen LogP) is 6.37. The van der Waals surface area contributed by atoms with Crippen LogP contribution in [-0.2, 0) is 6.54 Å². The molecule has 0 aliphatic carbocycles. The molecule has 6 heteroatoms. The summed E-state index contributed by atoms with van der Waals surface area (Å²) in [6.45, 7) is 8.10. The monoisotopic (exact) mass is 485 g/mol. The molecular weight excluding hydrogens is 462 g/mol. The Morgan fingerprint density at radius 3 is 2.54 bits per heavy atom. The summed E-state index contributed by atoms with van der Waals surface area (Å²) in [7, 11) is 0. The van der Waals surface area contributed by atoms with E-state index in [9.17, 15) is 9.59 Å². The maximum atomic E-state index is 13.8. The van der Waals surface area contributed by atoms with Crippen molar-refractivity contribution in [2.24, 2.45) is 0 Å². The molecule has 0 saturated heterocycles. The second-order valence-electron chi connectivity index (χ2n) is 8.73. The number of aryl methyl sites for hydroxylation is 2. The van der Waals surface area contributed by atoms with Gasteiger partial charge in [0.05, 0.1) is 17.0 Å². The number of rotatable bonds is 6. The molecule has 0 spiro atoms. The van der Waals surface area contributed by atoms with Crippen molar-refractivity contribution in [3.05, 3.63) is 122 Å². The van der Waals surface area contributed by atoms with E-state index in [1.165, 1.54) is 0 Å². The highest BCUT2D eigenvalue weighted by molar-refractivity contribution is 6.31. The Bertz CT molecular complexity index is 1520. The minimum Gasteiger partial charge on any atom is -0.490 e. The fourth-order valence-electron chi connectivity index (χ4n) is 4.70. The standard InChI is InChI=1S/C29H24ClNO4/c1-4-13-34-21-11-9-19(10-12-21)25-24-26(32)22-15-17(2)14-18(3)27(22)35-28(24)29(33)31(25)16-20-7-5-6-8-23(20)30/h4-12,14-15,25H,1,13,16H2,2-3H3. The van der Waals surface area contributed by atoms with Crippen LogP contribution in [0.25, 0.3) is 11.0 Å². The molecule has 1 aliphatic rings. The summed E-state index contributed by atoms with van der Waals surface area (Å²) in [4.78, 5) is 29.2. The third-order valence-electron chi connectivity index (χ3n) is 6.26. The second kappa shape index (κ2) is 9.08. The fraction of sp³-hybridized carbons (Fsp3) is 0.172. The summed E-state index contributed by atoms with van der Waals surface area (Å²) in [5.74, 6) is 0.419. The van der Waals surface area contributed by atoms with Crippen LogP contribution in [0.1, 0.15) is 44.4 Å². The number of halogens is 1. The van der Waals surface area contributed by atoms with E-state index in [2.05, 4.69) is 6.58 Å². The van der Waals surface area contributed by atoms with Crippen LogP contribution < -0.4 is 10.2 Å². The Kier molecular flexibility index (Phi) is 5.95. The molecule has 1 atom stereocenters. The molecular formula is C29H24ClNO4. The van der Waals surface area contributed by atoms with Crippen molar-refractivity contribution in [1.29, 1.82) is 0 Å². The van der Waals surface area contributed by atoms with Crippen molar-refractivity contribution in [2.75, 3.05) is 6.61 Å². The number of carbonyl (C=O) groups excluding carboxylic acids is 1. The summed E-state index contributed by atoms with van der Waals surface area (Å²) in [6, 6.07) is 17.9. The number of carbonyl (C=O) groups is 1. The van der Waals surface area contributed by atoms with E-state index in [1.807, 2.05) is 68.4 Å². The number of hydrogen-bond donors (Lipinski definition) is 0. The van der Waals surface area contributed by atoms with Gasteiger partial charge in [-0.15, -0.1) is 0 Å². The van der Waals surface area contributed by atoms with Crippen LogP contribution in [0.3, 0.4) is 0 Å². The van der Waals surface area contributed by atoms with E-state index in [-0.39, 0.29) is 23.6 Å². The van der Waals surface area contributed by atoms with Gasteiger partial charge in [-0.25, -0.2) is 0 Å². The molecule has 3 aromatic carbocycles. The highest BCUT2D eigenvalue weighted by atomic mass is 35.5. The lowest BCUT2D eigenvalue weighted by Gasteiger charge is -2.25. The molecule has 176 valence electrons. The molecule has 5 nitrogen and oxygen atoms in total. The zero-order valence-corrected chi connectivity index (χ0v) is 20.3. The molecule has 0 saturated carbocycles. The van der Waals surface area contributed by atoms with E-state index in [1.54, 1.807) is 17.0 Å². The Morgan fingerprint density at radius 2 is 1.83 bits per heavy atom. The van der Waals surface area contributed by atoms with Crippen molar-refractivity contribution in [3.8, 4) is 5.75 Å². The van der Waals surface area contributed by atoms with Crippen molar-refractivity contribution < 1.29 is 13.9 Å². The normalized spacial score (nSPS) is 14.9. The number of fused-ring (bicyclic) bond motifs is 2. The van der Waals surface area contributed by atoms with Crippen molar-refractivity contribution in [1.82, 2.24) is 4.90 Å². The first-order valence-electron chi connectivity index (χ1n) is 11.3. The van der Waals surface area contributed by atoms with Gasteiger partial charge in [-0.05, 0) is 60.4 Å². The molecule has 1 amide bonds. The third-order valence-corrected chi connectivity index (χ3v) is 6.63. The Hall–Kier alpha value is -3.83. The third kappa shape index (κ3) is 4.02. The summed E-state index contributed by atoms with van der Waals surface area (Å²) in [6.07, 6.45) is 1.67. The van der Waals surface area contributed by atoms with Crippen molar-refractivity contribution in [2.45, 2.75) is 26.4 Å². The number of benzene rings is 3. The van der Waals surface area contributed by atoms with E-state index in [0.717, 1.165) is 22.3 Å². The Morgan fingerprint density at radius 1 is 1.09 bits per heavy atom. The van der Waals surface area contributed by atoms with E-state index in [0.29, 0.717) is 33.9 Å². The summed E-state index contributed by atoms with van der Waals surface area (Å²) in [5, 5.41) is 1.03. The molecule has 0 fully saturated rings. The van der Waals surface area contributed by atoms with Crippen LogP contribution in [0.2, 0.25) is 5.02 Å². The van der Waals surface area contributed by atoms with Gasteiger partial charge in [0, 0.05) is 11.6 Å². The van der Waals surface area contributed by atoms with Crippen LogP contribution in [0.15, 0.2) is 82.5 Å². The Balaban J connectivity index is 1.70. The largest absolute Gasteiger partial charge is 0.490 e. The van der Waals surface area contributed by atoms with Crippen molar-refractivity contribution in [3.63, 3.8) is 0 Å². The summed E-state index contributed by atoms with van der Waals surface area (Å²) in [5.41, 5.74) is 3.94. The first kappa shape index (κ1) is 22.9.